The van der Waals surface area contributed by atoms with Gasteiger partial charge in [-0.25, -0.2) is 9.78 Å². The first-order chi connectivity index (χ1) is 14.2. The molecule has 7 heteroatoms. The van der Waals surface area contributed by atoms with E-state index >= 15 is 0 Å². The van der Waals surface area contributed by atoms with Gasteiger partial charge in [0.2, 0.25) is 0 Å². The van der Waals surface area contributed by atoms with Gasteiger partial charge in [0.25, 0.3) is 0 Å². The molecule has 1 fully saturated rings. The van der Waals surface area contributed by atoms with Crippen LogP contribution in [0.4, 0.5) is 4.79 Å². The van der Waals surface area contributed by atoms with Crippen molar-refractivity contribution in [2.24, 2.45) is 5.92 Å². The minimum Gasteiger partial charge on any atom is -0.492 e. The number of ether oxygens (including phenoxy) is 1. The van der Waals surface area contributed by atoms with Gasteiger partial charge in [-0.05, 0) is 41.7 Å². The summed E-state index contributed by atoms with van der Waals surface area (Å²) in [7, 11) is 0. The Balaban J connectivity index is 1.18. The summed E-state index contributed by atoms with van der Waals surface area (Å²) in [5, 5.41) is 18.2. The van der Waals surface area contributed by atoms with E-state index in [-0.39, 0.29) is 12.1 Å². The van der Waals surface area contributed by atoms with E-state index in [0.717, 1.165) is 24.1 Å². The van der Waals surface area contributed by atoms with E-state index in [2.05, 4.69) is 21.7 Å². The fourth-order valence-corrected chi connectivity index (χ4v) is 3.93. The molecule has 0 radical (unpaired) electrons. The van der Waals surface area contributed by atoms with E-state index in [4.69, 9.17) is 4.74 Å². The summed E-state index contributed by atoms with van der Waals surface area (Å²) in [5.74, 6) is 1.10. The topological polar surface area (TPSA) is 88.4 Å². The number of aromatic nitrogens is 2. The van der Waals surface area contributed by atoms with Gasteiger partial charge >= 0.3 is 6.03 Å². The second kappa shape index (κ2) is 8.96. The van der Waals surface area contributed by atoms with Crippen LogP contribution in [0.3, 0.4) is 0 Å². The number of nitrogens with one attached hydrogen (secondary N) is 2. The molecule has 1 aliphatic rings. The summed E-state index contributed by atoms with van der Waals surface area (Å²) in [6, 6.07) is 13.5. The third-order valence-electron chi connectivity index (χ3n) is 5.35. The standard InChI is InChI=1S/C22H26N4O3/c27-21-12-16(14-26-9-7-23-15-26)11-20(21)25-22(28)24-8-10-29-19-6-5-17-3-1-2-4-18(17)13-19/h1-7,9,13,15-16,20-21,27H,8,10-12,14H2,(H2,24,25,28)/t16?,20-,21-/m1/s1. The summed E-state index contributed by atoms with van der Waals surface area (Å²) in [4.78, 5) is 16.2. The minimum absolute atomic E-state index is 0.232. The van der Waals surface area contributed by atoms with E-state index in [1.807, 2.05) is 47.2 Å². The molecule has 0 spiro atoms. The molecular weight excluding hydrogens is 368 g/mol. The van der Waals surface area contributed by atoms with Crippen LogP contribution in [-0.4, -0.2) is 46.0 Å². The Kier molecular flexibility index (Phi) is 5.95. The Morgan fingerprint density at radius 2 is 2.07 bits per heavy atom. The van der Waals surface area contributed by atoms with E-state index in [9.17, 15) is 9.90 Å². The number of nitrogens with zero attached hydrogens (tertiary/aromatic N) is 2. The van der Waals surface area contributed by atoms with Gasteiger partial charge in [-0.15, -0.1) is 0 Å². The molecule has 4 rings (SSSR count). The Bertz CT molecular complexity index is 944. The van der Waals surface area contributed by atoms with Crippen LogP contribution in [0.15, 0.2) is 61.2 Å². The fourth-order valence-electron chi connectivity index (χ4n) is 3.93. The second-order valence-electron chi connectivity index (χ2n) is 7.53. The summed E-state index contributed by atoms with van der Waals surface area (Å²) < 4.78 is 7.73. The number of rotatable bonds is 7. The van der Waals surface area contributed by atoms with Gasteiger partial charge in [-0.3, -0.25) is 0 Å². The molecule has 1 saturated carbocycles. The molecule has 152 valence electrons. The van der Waals surface area contributed by atoms with Crippen molar-refractivity contribution in [3.05, 3.63) is 61.2 Å². The molecule has 7 nitrogen and oxygen atoms in total. The van der Waals surface area contributed by atoms with Gasteiger partial charge in [0, 0.05) is 18.9 Å². The van der Waals surface area contributed by atoms with E-state index < -0.39 is 6.10 Å². The van der Waals surface area contributed by atoms with Crippen molar-refractivity contribution in [2.75, 3.05) is 13.2 Å². The largest absolute Gasteiger partial charge is 0.492 e. The predicted octanol–water partition coefficient (Wildman–Crippen LogP) is 2.55. The zero-order valence-corrected chi connectivity index (χ0v) is 16.2. The first-order valence-corrected chi connectivity index (χ1v) is 9.97. The Hall–Kier alpha value is -3.06. The maximum Gasteiger partial charge on any atom is 0.315 e. The molecule has 2 amide bonds. The van der Waals surface area contributed by atoms with Crippen molar-refractivity contribution in [1.29, 1.82) is 0 Å². The number of urea groups is 1. The van der Waals surface area contributed by atoms with Crippen LogP contribution in [0.5, 0.6) is 5.75 Å². The van der Waals surface area contributed by atoms with Gasteiger partial charge in [-0.2, -0.15) is 0 Å². The third-order valence-corrected chi connectivity index (χ3v) is 5.35. The molecule has 3 aromatic rings. The maximum absolute atomic E-state index is 12.2. The molecule has 0 saturated heterocycles. The Morgan fingerprint density at radius 3 is 2.90 bits per heavy atom. The van der Waals surface area contributed by atoms with E-state index in [1.54, 1.807) is 12.5 Å². The van der Waals surface area contributed by atoms with Gasteiger partial charge in [-0.1, -0.05) is 30.3 Å². The number of amides is 2. The summed E-state index contributed by atoms with van der Waals surface area (Å²) >= 11 is 0. The number of aliphatic hydroxyl groups excluding tert-OH is 1. The van der Waals surface area contributed by atoms with Crippen molar-refractivity contribution in [3.63, 3.8) is 0 Å². The third kappa shape index (κ3) is 5.06. The SMILES string of the molecule is O=C(NCCOc1ccc2ccccc2c1)N[C@@H]1CC(Cn2ccnc2)C[C@H]1O. The van der Waals surface area contributed by atoms with Gasteiger partial charge in [0.05, 0.1) is 25.0 Å². The highest BCUT2D eigenvalue weighted by molar-refractivity contribution is 5.83. The highest BCUT2D eigenvalue weighted by Crippen LogP contribution is 2.27. The van der Waals surface area contributed by atoms with Crippen LogP contribution in [0.1, 0.15) is 12.8 Å². The quantitative estimate of drug-likeness (QED) is 0.538. The highest BCUT2D eigenvalue weighted by Gasteiger charge is 2.33. The Morgan fingerprint density at radius 1 is 1.21 bits per heavy atom. The van der Waals surface area contributed by atoms with Crippen molar-refractivity contribution in [1.82, 2.24) is 20.2 Å². The lowest BCUT2D eigenvalue weighted by molar-refractivity contribution is 0.146. The summed E-state index contributed by atoms with van der Waals surface area (Å²) in [6.07, 6.45) is 6.33. The molecule has 3 atom stereocenters. The molecule has 3 N–H and O–H groups in total. The number of fused-ring (bicyclic) bond motifs is 1. The van der Waals surface area contributed by atoms with Crippen LogP contribution in [0.2, 0.25) is 0 Å². The van der Waals surface area contributed by atoms with E-state index in [0.29, 0.717) is 25.5 Å². The lowest BCUT2D eigenvalue weighted by atomic mass is 10.1. The normalized spacial score (nSPS) is 21.2. The molecule has 2 aromatic carbocycles. The second-order valence-corrected chi connectivity index (χ2v) is 7.53. The van der Waals surface area contributed by atoms with Crippen LogP contribution < -0.4 is 15.4 Å². The number of benzene rings is 2. The number of hydrogen-bond donors (Lipinski definition) is 3. The van der Waals surface area contributed by atoms with Crippen molar-refractivity contribution in [3.8, 4) is 5.75 Å². The Labute approximate surface area is 169 Å². The number of hydrogen-bond acceptors (Lipinski definition) is 4. The molecule has 0 aliphatic heterocycles. The van der Waals surface area contributed by atoms with Gasteiger partial charge < -0.3 is 25.0 Å². The average Bonchev–Trinajstić information content (AvgIpc) is 3.35. The first-order valence-electron chi connectivity index (χ1n) is 9.97. The fraction of sp³-hybridized carbons (Fsp3) is 0.364. The van der Waals surface area contributed by atoms with Crippen molar-refractivity contribution >= 4 is 16.8 Å². The summed E-state index contributed by atoms with van der Waals surface area (Å²) in [5.41, 5.74) is 0. The molecule has 29 heavy (non-hydrogen) atoms. The molecule has 0 bridgehead atoms. The molecule has 1 aromatic heterocycles. The predicted molar refractivity (Wildman–Crippen MR) is 111 cm³/mol. The summed E-state index contributed by atoms with van der Waals surface area (Å²) in [6.45, 7) is 1.57. The lowest BCUT2D eigenvalue weighted by Crippen LogP contribution is -2.46. The molecule has 1 aliphatic carbocycles. The van der Waals surface area contributed by atoms with Gasteiger partial charge in [0.1, 0.15) is 12.4 Å². The van der Waals surface area contributed by atoms with Crippen molar-refractivity contribution in [2.45, 2.75) is 31.5 Å². The zero-order valence-electron chi connectivity index (χ0n) is 16.2. The lowest BCUT2D eigenvalue weighted by Gasteiger charge is -2.17. The zero-order chi connectivity index (χ0) is 20.1. The van der Waals surface area contributed by atoms with Crippen LogP contribution in [0.25, 0.3) is 10.8 Å². The van der Waals surface area contributed by atoms with E-state index in [1.165, 1.54) is 5.39 Å². The maximum atomic E-state index is 12.2. The number of carbonyl (C=O) groups excluding carboxylic acids is 1. The van der Waals surface area contributed by atoms with Crippen LogP contribution in [0, 0.1) is 5.92 Å². The van der Waals surface area contributed by atoms with Crippen LogP contribution >= 0.6 is 0 Å². The minimum atomic E-state index is -0.525. The number of aliphatic hydroxyl groups is 1. The molecule has 1 heterocycles. The number of carbonyl (C=O) groups is 1. The number of imidazole rings is 1. The van der Waals surface area contributed by atoms with Gasteiger partial charge in [0.15, 0.2) is 0 Å². The molecule has 1 unspecified atom stereocenters. The monoisotopic (exact) mass is 394 g/mol. The molecular formula is C22H26N4O3. The first kappa shape index (κ1) is 19.3. The highest BCUT2D eigenvalue weighted by atomic mass is 16.5. The van der Waals surface area contributed by atoms with Crippen LogP contribution in [-0.2, 0) is 6.54 Å². The van der Waals surface area contributed by atoms with Crippen molar-refractivity contribution < 1.29 is 14.6 Å². The average molecular weight is 394 g/mol. The smallest absolute Gasteiger partial charge is 0.315 e.